The zero-order chi connectivity index (χ0) is 26.1. The second-order valence-electron chi connectivity index (χ2n) is 8.70. The molecular weight excluding hydrogens is 484 g/mol. The fourth-order valence-electron chi connectivity index (χ4n) is 4.60. The third-order valence-corrected chi connectivity index (χ3v) is 6.31. The van der Waals surface area contributed by atoms with Crippen LogP contribution in [0.2, 0.25) is 0 Å². The van der Waals surface area contributed by atoms with Crippen molar-refractivity contribution in [2.24, 2.45) is 0 Å². The number of anilines is 1. The second-order valence-corrected chi connectivity index (χ2v) is 8.70. The Kier molecular flexibility index (Phi) is 5.97. The van der Waals surface area contributed by atoms with Crippen molar-refractivity contribution in [3.63, 3.8) is 0 Å². The first-order valence-electron chi connectivity index (χ1n) is 12.0. The number of para-hydroxylation sites is 1. The van der Waals surface area contributed by atoms with Crippen LogP contribution in [0.5, 0.6) is 23.0 Å². The third-order valence-electron chi connectivity index (χ3n) is 6.31. The van der Waals surface area contributed by atoms with E-state index < -0.39 is 17.7 Å². The van der Waals surface area contributed by atoms with Gasteiger partial charge in [-0.15, -0.1) is 0 Å². The van der Waals surface area contributed by atoms with Gasteiger partial charge < -0.3 is 19.3 Å². The van der Waals surface area contributed by atoms with E-state index in [1.807, 2.05) is 30.3 Å². The lowest BCUT2D eigenvalue weighted by molar-refractivity contribution is -0.132. The number of nitrogens with zero attached hydrogens (tertiary/aromatic N) is 2. The monoisotopic (exact) mass is 506 g/mol. The second kappa shape index (κ2) is 9.74. The van der Waals surface area contributed by atoms with Gasteiger partial charge in [-0.1, -0.05) is 36.4 Å². The summed E-state index contributed by atoms with van der Waals surface area (Å²) in [5.74, 6) is 0.510. The van der Waals surface area contributed by atoms with Gasteiger partial charge in [0.15, 0.2) is 11.5 Å². The third kappa shape index (κ3) is 4.22. The van der Waals surface area contributed by atoms with E-state index in [4.69, 9.17) is 14.2 Å². The van der Waals surface area contributed by atoms with Gasteiger partial charge in [-0.2, -0.15) is 0 Å². The number of carbonyl (C=O) groups excluding carboxylic acids is 2. The van der Waals surface area contributed by atoms with Gasteiger partial charge in [0.1, 0.15) is 36.3 Å². The van der Waals surface area contributed by atoms with Crippen molar-refractivity contribution in [3.8, 4) is 23.0 Å². The van der Waals surface area contributed by atoms with Crippen LogP contribution in [0.4, 0.5) is 5.82 Å². The highest BCUT2D eigenvalue weighted by atomic mass is 16.6. The van der Waals surface area contributed by atoms with E-state index in [0.29, 0.717) is 47.3 Å². The van der Waals surface area contributed by atoms with Gasteiger partial charge >= 0.3 is 5.91 Å². The molecule has 3 aromatic carbocycles. The van der Waals surface area contributed by atoms with Crippen molar-refractivity contribution in [2.75, 3.05) is 18.1 Å². The first-order valence-corrected chi connectivity index (χ1v) is 12.0. The van der Waals surface area contributed by atoms with Gasteiger partial charge in [-0.25, -0.2) is 4.98 Å². The van der Waals surface area contributed by atoms with Gasteiger partial charge in [0, 0.05) is 11.8 Å². The van der Waals surface area contributed by atoms with Crippen LogP contribution in [0, 0.1) is 0 Å². The average molecular weight is 507 g/mol. The van der Waals surface area contributed by atoms with E-state index in [-0.39, 0.29) is 17.2 Å². The van der Waals surface area contributed by atoms with Gasteiger partial charge in [-0.3, -0.25) is 14.5 Å². The zero-order valence-corrected chi connectivity index (χ0v) is 20.1. The van der Waals surface area contributed by atoms with Crippen molar-refractivity contribution in [1.82, 2.24) is 4.98 Å². The smallest absolute Gasteiger partial charge is 0.301 e. The van der Waals surface area contributed by atoms with Crippen molar-refractivity contribution < 1.29 is 28.9 Å². The molecule has 8 nitrogen and oxygen atoms in total. The molecule has 1 N–H and O–H groups in total. The number of carbonyl (C=O) groups is 2. The van der Waals surface area contributed by atoms with Gasteiger partial charge in [0.05, 0.1) is 11.6 Å². The molecule has 6 rings (SSSR count). The summed E-state index contributed by atoms with van der Waals surface area (Å²) in [4.78, 5) is 32.4. The maximum absolute atomic E-state index is 13.4. The number of aromatic nitrogens is 1. The predicted molar refractivity (Wildman–Crippen MR) is 139 cm³/mol. The number of ether oxygens (including phenoxy) is 3. The molecule has 0 radical (unpaired) electrons. The Morgan fingerprint density at radius 3 is 2.39 bits per heavy atom. The van der Waals surface area contributed by atoms with Crippen molar-refractivity contribution in [3.05, 3.63) is 114 Å². The van der Waals surface area contributed by atoms with E-state index in [1.165, 1.54) is 4.90 Å². The molecule has 0 saturated carbocycles. The van der Waals surface area contributed by atoms with Crippen LogP contribution in [0.3, 0.4) is 0 Å². The number of ketones is 1. The SMILES string of the molecule is O=C1C(=O)N(c2ccccn2)C(c2cccc(Oc3ccccc3)c2)/C1=C(\O)c1ccc2c(c1)OCCO2. The van der Waals surface area contributed by atoms with E-state index in [1.54, 1.807) is 66.9 Å². The summed E-state index contributed by atoms with van der Waals surface area (Å²) in [6.07, 6.45) is 1.54. The van der Waals surface area contributed by atoms with Crippen LogP contribution < -0.4 is 19.1 Å². The summed E-state index contributed by atoms with van der Waals surface area (Å²) in [6, 6.07) is 25.4. The molecule has 2 aliphatic heterocycles. The normalized spacial score (nSPS) is 17.9. The number of Topliss-reactive ketones (excluding diaryl/α,β-unsaturated/α-hetero) is 1. The molecule has 1 unspecified atom stereocenters. The Balaban J connectivity index is 1.49. The highest BCUT2D eigenvalue weighted by Gasteiger charge is 2.47. The first kappa shape index (κ1) is 23.3. The van der Waals surface area contributed by atoms with Crippen LogP contribution >= 0.6 is 0 Å². The maximum Gasteiger partial charge on any atom is 0.301 e. The van der Waals surface area contributed by atoms with Crippen molar-refractivity contribution >= 4 is 23.3 Å². The van der Waals surface area contributed by atoms with Gasteiger partial charge in [-0.05, 0) is 60.2 Å². The largest absolute Gasteiger partial charge is 0.507 e. The van der Waals surface area contributed by atoms with Crippen LogP contribution in [0.25, 0.3) is 5.76 Å². The number of aliphatic hydroxyl groups is 1. The minimum absolute atomic E-state index is 0.0609. The molecule has 8 heteroatoms. The van der Waals surface area contributed by atoms with Gasteiger partial charge in [0.25, 0.3) is 5.78 Å². The van der Waals surface area contributed by atoms with Crippen molar-refractivity contribution in [1.29, 1.82) is 0 Å². The molecule has 3 heterocycles. The van der Waals surface area contributed by atoms with E-state index in [2.05, 4.69) is 4.98 Å². The Bertz CT molecular complexity index is 1550. The molecule has 0 spiro atoms. The molecule has 1 amide bonds. The lowest BCUT2D eigenvalue weighted by atomic mass is 9.95. The fourth-order valence-corrected chi connectivity index (χ4v) is 4.60. The van der Waals surface area contributed by atoms with Crippen LogP contribution in [-0.2, 0) is 9.59 Å². The quantitative estimate of drug-likeness (QED) is 0.224. The summed E-state index contributed by atoms with van der Waals surface area (Å²) < 4.78 is 17.2. The summed E-state index contributed by atoms with van der Waals surface area (Å²) in [6.45, 7) is 0.796. The number of aliphatic hydroxyl groups excluding tert-OH is 1. The summed E-state index contributed by atoms with van der Waals surface area (Å²) in [5, 5.41) is 11.4. The molecule has 38 heavy (non-hydrogen) atoms. The minimum atomic E-state index is -0.947. The molecule has 1 fully saturated rings. The first-order chi connectivity index (χ1) is 18.6. The Morgan fingerprint density at radius 2 is 1.61 bits per heavy atom. The molecule has 0 bridgehead atoms. The van der Waals surface area contributed by atoms with E-state index in [0.717, 1.165) is 0 Å². The van der Waals surface area contributed by atoms with Crippen LogP contribution in [-0.4, -0.2) is 35.0 Å². The molecule has 1 saturated heterocycles. The molecule has 1 aromatic heterocycles. The lowest BCUT2D eigenvalue weighted by Gasteiger charge is -2.25. The highest BCUT2D eigenvalue weighted by Crippen LogP contribution is 2.43. The lowest BCUT2D eigenvalue weighted by Crippen LogP contribution is -2.30. The van der Waals surface area contributed by atoms with Crippen molar-refractivity contribution in [2.45, 2.75) is 6.04 Å². The standard InChI is InChI=1S/C30H22N2O6/c33-28(20-12-13-23-24(18-20)37-16-15-36-23)26-27(32(30(35)29(26)34)25-11-4-5-14-31-25)19-7-6-10-22(17-19)38-21-8-2-1-3-9-21/h1-14,17-18,27,33H,15-16H2/b28-26+. The number of hydrogen-bond donors (Lipinski definition) is 1. The molecule has 2 aliphatic rings. The number of hydrogen-bond acceptors (Lipinski definition) is 7. The molecule has 1 atom stereocenters. The number of benzene rings is 3. The summed E-state index contributed by atoms with van der Waals surface area (Å²) >= 11 is 0. The Hall–Kier alpha value is -5.11. The van der Waals surface area contributed by atoms with E-state index >= 15 is 0 Å². The number of amides is 1. The summed E-state index contributed by atoms with van der Waals surface area (Å²) in [7, 11) is 0. The molecule has 188 valence electrons. The number of pyridine rings is 1. The molecular formula is C30H22N2O6. The maximum atomic E-state index is 13.4. The number of rotatable bonds is 5. The molecule has 4 aromatic rings. The fraction of sp³-hybridized carbons (Fsp3) is 0.100. The van der Waals surface area contributed by atoms with E-state index in [9.17, 15) is 14.7 Å². The zero-order valence-electron chi connectivity index (χ0n) is 20.1. The molecule has 0 aliphatic carbocycles. The minimum Gasteiger partial charge on any atom is -0.507 e. The Labute approximate surface area is 218 Å². The summed E-state index contributed by atoms with van der Waals surface area (Å²) in [5.41, 5.74) is 0.839. The number of fused-ring (bicyclic) bond motifs is 1. The van der Waals surface area contributed by atoms with Crippen LogP contribution in [0.15, 0.2) is 103 Å². The predicted octanol–water partition coefficient (Wildman–Crippen LogP) is 5.27. The Morgan fingerprint density at radius 1 is 0.842 bits per heavy atom. The van der Waals surface area contributed by atoms with Crippen LogP contribution in [0.1, 0.15) is 17.2 Å². The van der Waals surface area contributed by atoms with Gasteiger partial charge in [0.2, 0.25) is 0 Å². The highest BCUT2D eigenvalue weighted by molar-refractivity contribution is 6.51. The topological polar surface area (TPSA) is 98.2 Å². The average Bonchev–Trinajstić information content (AvgIpc) is 3.23.